The van der Waals surface area contributed by atoms with Crippen molar-refractivity contribution >= 4 is 22.4 Å². The summed E-state index contributed by atoms with van der Waals surface area (Å²) < 4.78 is 10.3. The molecule has 0 bridgehead atoms. The number of carbonyl (C=O) groups is 1. The van der Waals surface area contributed by atoms with E-state index >= 15 is 0 Å². The Morgan fingerprint density at radius 3 is 2.50 bits per heavy atom. The summed E-state index contributed by atoms with van der Waals surface area (Å²) in [4.78, 5) is 12.3. The molecule has 26 heavy (non-hydrogen) atoms. The van der Waals surface area contributed by atoms with Crippen LogP contribution in [0.25, 0.3) is 0 Å². The maximum Gasteiger partial charge on any atom is 0.257 e. The van der Waals surface area contributed by atoms with Crippen LogP contribution in [0.3, 0.4) is 0 Å². The van der Waals surface area contributed by atoms with Gasteiger partial charge in [0.15, 0.2) is 0 Å². The molecule has 0 unspecified atom stereocenters. The number of benzene rings is 2. The summed E-state index contributed by atoms with van der Waals surface area (Å²) in [6.45, 7) is 0. The predicted octanol–water partition coefficient (Wildman–Crippen LogP) is 3.59. The fourth-order valence-corrected chi connectivity index (χ4v) is 3.12. The minimum absolute atomic E-state index is 0.234. The number of rotatable bonds is 7. The van der Waals surface area contributed by atoms with E-state index in [2.05, 4.69) is 15.5 Å². The summed E-state index contributed by atoms with van der Waals surface area (Å²) in [6, 6.07) is 14.9. The molecule has 0 saturated carbocycles. The van der Waals surface area contributed by atoms with Crippen LogP contribution in [0.2, 0.25) is 0 Å². The molecule has 7 heteroatoms. The normalized spacial score (nSPS) is 10.4. The van der Waals surface area contributed by atoms with Gasteiger partial charge in [-0.3, -0.25) is 10.1 Å². The van der Waals surface area contributed by atoms with Crippen LogP contribution in [0.15, 0.2) is 48.5 Å². The molecule has 1 heterocycles. The van der Waals surface area contributed by atoms with Gasteiger partial charge in [-0.05, 0) is 42.3 Å². The molecule has 1 amide bonds. The lowest BCUT2D eigenvalue weighted by molar-refractivity contribution is 0.102. The topological polar surface area (TPSA) is 73.3 Å². The Hall–Kier alpha value is -2.93. The highest BCUT2D eigenvalue weighted by Gasteiger charge is 2.11. The summed E-state index contributed by atoms with van der Waals surface area (Å²) in [6.07, 6.45) is 1.61. The van der Waals surface area contributed by atoms with Crippen molar-refractivity contribution in [1.82, 2.24) is 10.2 Å². The molecule has 6 nitrogen and oxygen atoms in total. The van der Waals surface area contributed by atoms with Crippen molar-refractivity contribution in [2.24, 2.45) is 0 Å². The van der Waals surface area contributed by atoms with E-state index in [1.165, 1.54) is 16.9 Å². The van der Waals surface area contributed by atoms with Crippen LogP contribution in [-0.2, 0) is 12.8 Å². The number of hydrogen-bond donors (Lipinski definition) is 1. The van der Waals surface area contributed by atoms with E-state index in [0.29, 0.717) is 16.4 Å². The van der Waals surface area contributed by atoms with E-state index in [1.54, 1.807) is 38.5 Å². The lowest BCUT2D eigenvalue weighted by atomic mass is 10.1. The zero-order valence-corrected chi connectivity index (χ0v) is 15.4. The number of anilines is 1. The first-order valence-corrected chi connectivity index (χ1v) is 8.90. The largest absolute Gasteiger partial charge is 0.497 e. The molecule has 3 aromatic rings. The first kappa shape index (κ1) is 17.9. The third-order valence-electron chi connectivity index (χ3n) is 3.81. The van der Waals surface area contributed by atoms with Crippen LogP contribution in [0.1, 0.15) is 20.9 Å². The first-order valence-electron chi connectivity index (χ1n) is 8.08. The molecule has 0 radical (unpaired) electrons. The number of aromatic nitrogens is 2. The van der Waals surface area contributed by atoms with Crippen molar-refractivity contribution in [3.05, 3.63) is 64.7 Å². The molecule has 0 saturated heterocycles. The maximum atomic E-state index is 12.3. The van der Waals surface area contributed by atoms with Gasteiger partial charge >= 0.3 is 0 Å². The molecule has 1 N–H and O–H groups in total. The predicted molar refractivity (Wildman–Crippen MR) is 101 cm³/mol. The molecule has 0 spiro atoms. The van der Waals surface area contributed by atoms with E-state index in [1.807, 2.05) is 24.3 Å². The van der Waals surface area contributed by atoms with Crippen LogP contribution >= 0.6 is 11.3 Å². The third-order valence-corrected chi connectivity index (χ3v) is 4.70. The van der Waals surface area contributed by atoms with Crippen LogP contribution in [0.4, 0.5) is 5.13 Å². The molecular formula is C19H19N3O3S. The lowest BCUT2D eigenvalue weighted by Gasteiger charge is -2.03. The second-order valence-corrected chi connectivity index (χ2v) is 6.60. The van der Waals surface area contributed by atoms with Crippen LogP contribution in [0.5, 0.6) is 11.5 Å². The smallest absolute Gasteiger partial charge is 0.257 e. The molecule has 1 aromatic heterocycles. The van der Waals surface area contributed by atoms with Crippen molar-refractivity contribution in [2.75, 3.05) is 19.5 Å². The minimum Gasteiger partial charge on any atom is -0.497 e. The highest BCUT2D eigenvalue weighted by Crippen LogP contribution is 2.20. The molecule has 0 fully saturated rings. The molecule has 0 atom stereocenters. The fourth-order valence-electron chi connectivity index (χ4n) is 2.38. The van der Waals surface area contributed by atoms with Gasteiger partial charge in [-0.25, -0.2) is 0 Å². The highest BCUT2D eigenvalue weighted by molar-refractivity contribution is 7.15. The Kier molecular flexibility index (Phi) is 5.80. The average Bonchev–Trinajstić information content (AvgIpc) is 3.14. The maximum absolute atomic E-state index is 12.3. The van der Waals surface area contributed by atoms with E-state index in [-0.39, 0.29) is 5.91 Å². The summed E-state index contributed by atoms with van der Waals surface area (Å²) in [5.41, 5.74) is 1.71. The van der Waals surface area contributed by atoms with Gasteiger partial charge in [0.2, 0.25) is 5.13 Å². The monoisotopic (exact) mass is 369 g/mol. The highest BCUT2D eigenvalue weighted by atomic mass is 32.1. The van der Waals surface area contributed by atoms with Crippen molar-refractivity contribution < 1.29 is 14.3 Å². The number of nitrogens with one attached hydrogen (secondary N) is 1. The number of hydrogen-bond acceptors (Lipinski definition) is 6. The lowest BCUT2D eigenvalue weighted by Crippen LogP contribution is -2.11. The van der Waals surface area contributed by atoms with Gasteiger partial charge in [-0.1, -0.05) is 29.5 Å². The SMILES string of the molecule is COc1ccc(CCc2nnc(NC(=O)c3cccc(OC)c3)s2)cc1. The summed E-state index contributed by atoms with van der Waals surface area (Å²) in [5.74, 6) is 1.24. The van der Waals surface area contributed by atoms with Gasteiger partial charge in [-0.2, -0.15) is 0 Å². The van der Waals surface area contributed by atoms with E-state index in [0.717, 1.165) is 23.6 Å². The summed E-state index contributed by atoms with van der Waals surface area (Å²) >= 11 is 1.38. The Morgan fingerprint density at radius 2 is 1.77 bits per heavy atom. The average molecular weight is 369 g/mol. The zero-order chi connectivity index (χ0) is 18.4. The number of carbonyl (C=O) groups excluding carboxylic acids is 1. The molecular weight excluding hydrogens is 350 g/mol. The number of methoxy groups -OCH3 is 2. The Balaban J connectivity index is 1.57. The number of nitrogens with zero attached hydrogens (tertiary/aromatic N) is 2. The number of ether oxygens (including phenoxy) is 2. The molecule has 134 valence electrons. The number of aryl methyl sites for hydroxylation is 2. The molecule has 0 aliphatic rings. The van der Waals surface area contributed by atoms with Crippen molar-refractivity contribution in [3.8, 4) is 11.5 Å². The van der Waals surface area contributed by atoms with Crippen LogP contribution in [-0.4, -0.2) is 30.3 Å². The third kappa shape index (κ3) is 4.58. The van der Waals surface area contributed by atoms with E-state index in [9.17, 15) is 4.79 Å². The first-order chi connectivity index (χ1) is 12.7. The molecule has 0 aliphatic carbocycles. The quantitative estimate of drug-likeness (QED) is 0.689. The second-order valence-electron chi connectivity index (χ2n) is 5.54. The van der Waals surface area contributed by atoms with E-state index < -0.39 is 0 Å². The Labute approximate surface area is 155 Å². The second kappa shape index (κ2) is 8.44. The Morgan fingerprint density at radius 1 is 1.00 bits per heavy atom. The molecule has 0 aliphatic heterocycles. The molecule has 2 aromatic carbocycles. The zero-order valence-electron chi connectivity index (χ0n) is 14.6. The van der Waals surface area contributed by atoms with Gasteiger partial charge in [0.05, 0.1) is 14.2 Å². The number of amides is 1. The van der Waals surface area contributed by atoms with Crippen molar-refractivity contribution in [3.63, 3.8) is 0 Å². The van der Waals surface area contributed by atoms with Gasteiger partial charge in [0.1, 0.15) is 16.5 Å². The standard InChI is InChI=1S/C19H19N3O3S/c1-24-15-9-6-13(7-10-15)8-11-17-21-22-19(26-17)20-18(23)14-4-3-5-16(12-14)25-2/h3-7,9-10,12H,8,11H2,1-2H3,(H,20,22,23). The van der Waals surface area contributed by atoms with Crippen LogP contribution in [0, 0.1) is 0 Å². The van der Waals surface area contributed by atoms with Crippen LogP contribution < -0.4 is 14.8 Å². The van der Waals surface area contributed by atoms with Gasteiger partial charge < -0.3 is 9.47 Å². The van der Waals surface area contributed by atoms with Crippen molar-refractivity contribution in [1.29, 1.82) is 0 Å². The van der Waals surface area contributed by atoms with Gasteiger partial charge in [0.25, 0.3) is 5.91 Å². The van der Waals surface area contributed by atoms with E-state index in [4.69, 9.17) is 9.47 Å². The Bertz CT molecular complexity index is 878. The summed E-state index contributed by atoms with van der Waals surface area (Å²) in [5, 5.41) is 12.3. The molecule has 3 rings (SSSR count). The fraction of sp³-hybridized carbons (Fsp3) is 0.211. The van der Waals surface area contributed by atoms with Gasteiger partial charge in [0, 0.05) is 12.0 Å². The minimum atomic E-state index is -0.234. The van der Waals surface area contributed by atoms with Gasteiger partial charge in [-0.15, -0.1) is 10.2 Å². The van der Waals surface area contributed by atoms with Crippen molar-refractivity contribution in [2.45, 2.75) is 12.8 Å². The summed E-state index contributed by atoms with van der Waals surface area (Å²) in [7, 11) is 3.22.